The second kappa shape index (κ2) is 4.55. The van der Waals surface area contributed by atoms with E-state index in [-0.39, 0.29) is 0 Å². The Labute approximate surface area is 69.2 Å². The first-order valence-corrected chi connectivity index (χ1v) is 4.62. The molecule has 0 aliphatic heterocycles. The van der Waals surface area contributed by atoms with Crippen LogP contribution < -0.4 is 0 Å². The average Bonchev–Trinajstić information content (AvgIpc) is 1.84. The van der Waals surface area contributed by atoms with E-state index >= 15 is 0 Å². The first kappa shape index (κ1) is 9.76. The lowest BCUT2D eigenvalue weighted by Gasteiger charge is -2.16. The molecule has 0 heterocycles. The maximum atomic E-state index is 5.68. The molecule has 0 aliphatic carbocycles. The van der Waals surface area contributed by atoms with E-state index in [1.54, 1.807) is 0 Å². The molecule has 0 aromatic heterocycles. The van der Waals surface area contributed by atoms with Crippen LogP contribution in [0.3, 0.4) is 0 Å². The molecular weight excluding hydrogens is 175 g/mol. The molecule has 0 fully saturated rings. The zero-order valence-electron chi connectivity index (χ0n) is 5.79. The topological polar surface area (TPSA) is 9.23 Å². The summed E-state index contributed by atoms with van der Waals surface area (Å²) in [4.78, 5) is 0. The zero-order chi connectivity index (χ0) is 7.33. The van der Waals surface area contributed by atoms with Crippen molar-refractivity contribution in [3.05, 3.63) is 0 Å². The summed E-state index contributed by atoms with van der Waals surface area (Å²) in [5.41, 5.74) is 0. The molecule has 9 heavy (non-hydrogen) atoms. The number of unbranched alkanes of at least 4 members (excludes halogenated alkanes) is 1. The number of rotatable bonds is 4. The largest absolute Gasteiger partial charge is 0.399 e. The molecule has 56 valence electrons. The van der Waals surface area contributed by atoms with Crippen molar-refractivity contribution in [3.63, 3.8) is 0 Å². The lowest BCUT2D eigenvalue weighted by Crippen LogP contribution is -2.15. The number of hydrogen-bond donors (Lipinski definition) is 0. The van der Waals surface area contributed by atoms with Gasteiger partial charge in [-0.2, -0.15) is 0 Å². The highest BCUT2D eigenvalue weighted by molar-refractivity contribution is 6.48. The second-order valence-electron chi connectivity index (χ2n) is 1.95. The van der Waals surface area contributed by atoms with Crippen LogP contribution in [0.1, 0.15) is 26.2 Å². The van der Waals surface area contributed by atoms with Gasteiger partial charge in [-0.15, -0.1) is 0 Å². The van der Waals surface area contributed by atoms with Crippen LogP contribution in [0.4, 0.5) is 0 Å². The summed E-state index contributed by atoms with van der Waals surface area (Å²) in [7, 11) is 0.600. The zero-order valence-corrected chi connectivity index (χ0v) is 9.30. The fourth-order valence-corrected chi connectivity index (χ4v) is 0.956. The second-order valence-corrected chi connectivity index (χ2v) is 3.77. The maximum Gasteiger partial charge on any atom is 0.207 e. The predicted octanol–water partition coefficient (Wildman–Crippen LogP) is 1.60. The molecule has 0 aromatic carbocycles. The molecule has 0 bridgehead atoms. The maximum absolute atomic E-state index is 5.68. The van der Waals surface area contributed by atoms with E-state index in [2.05, 4.69) is 6.92 Å². The van der Waals surface area contributed by atoms with E-state index in [0.717, 1.165) is 19.3 Å². The van der Waals surface area contributed by atoms with Crippen LogP contribution in [0.5, 0.6) is 0 Å². The summed E-state index contributed by atoms with van der Waals surface area (Å²) in [5.74, 6) is 0. The van der Waals surface area contributed by atoms with Gasteiger partial charge in [0, 0.05) is 6.42 Å². The Morgan fingerprint density at radius 3 is 2.44 bits per heavy atom. The lowest BCUT2D eigenvalue weighted by atomic mass is 10.3. The summed E-state index contributed by atoms with van der Waals surface area (Å²) >= 11 is 11.4. The lowest BCUT2D eigenvalue weighted by molar-refractivity contribution is 0.249. The highest BCUT2D eigenvalue weighted by Crippen LogP contribution is 2.27. The Morgan fingerprint density at radius 1 is 1.56 bits per heavy atom. The molecule has 0 spiro atoms. The minimum absolute atomic E-state index is 0.600. The number of halogens is 2. The third-order valence-corrected chi connectivity index (χ3v) is 3.02. The van der Waals surface area contributed by atoms with Crippen LogP contribution in [0.15, 0.2) is 0 Å². The van der Waals surface area contributed by atoms with Gasteiger partial charge in [-0.25, -0.2) is 0 Å². The van der Waals surface area contributed by atoms with E-state index in [1.165, 1.54) is 0 Å². The predicted molar refractivity (Wildman–Crippen MR) is 45.0 cm³/mol. The van der Waals surface area contributed by atoms with Crippen molar-refractivity contribution in [1.82, 2.24) is 0 Å². The van der Waals surface area contributed by atoms with Crippen LogP contribution in [0.2, 0.25) is 0 Å². The van der Waals surface area contributed by atoms with Gasteiger partial charge in [0.2, 0.25) is 4.52 Å². The molecule has 0 N–H and O–H groups in total. The van der Waals surface area contributed by atoms with Crippen LogP contribution >= 0.6 is 23.2 Å². The van der Waals surface area contributed by atoms with Gasteiger partial charge in [0.05, 0.1) is 0 Å². The van der Waals surface area contributed by atoms with Crippen molar-refractivity contribution in [2.24, 2.45) is 0 Å². The third kappa shape index (κ3) is 5.21. The molecule has 0 rings (SSSR count). The van der Waals surface area contributed by atoms with Crippen LogP contribution in [0.25, 0.3) is 0 Å². The Morgan fingerprint density at radius 2 is 2.11 bits per heavy atom. The van der Waals surface area contributed by atoms with Crippen molar-refractivity contribution in [1.29, 1.82) is 0 Å². The smallest absolute Gasteiger partial charge is 0.207 e. The minimum Gasteiger partial charge on any atom is -0.399 e. The van der Waals surface area contributed by atoms with Crippen LogP contribution in [0, 0.1) is 0 Å². The SMILES string of the molecule is CCCCC(Cl)(Cl)O[SiH3]. The van der Waals surface area contributed by atoms with E-state index in [0.29, 0.717) is 10.5 Å². The molecule has 0 saturated heterocycles. The first-order chi connectivity index (χ1) is 4.12. The van der Waals surface area contributed by atoms with Gasteiger partial charge in [0.15, 0.2) is 0 Å². The van der Waals surface area contributed by atoms with Crippen molar-refractivity contribution in [2.45, 2.75) is 30.7 Å². The highest BCUT2D eigenvalue weighted by Gasteiger charge is 2.20. The molecule has 0 aromatic rings. The fraction of sp³-hybridized carbons (Fsp3) is 1.00. The Balaban J connectivity index is 3.33. The first-order valence-electron chi connectivity index (χ1n) is 3.05. The molecule has 0 unspecified atom stereocenters. The molecule has 0 aliphatic rings. The monoisotopic (exact) mass is 186 g/mol. The number of alkyl halides is 2. The standard InChI is InChI=1S/C5H12Cl2OSi/c1-2-3-4-5(6,7)8-9/h2-4H2,1,9H3. The van der Waals surface area contributed by atoms with Gasteiger partial charge in [-0.3, -0.25) is 0 Å². The molecule has 0 radical (unpaired) electrons. The molecule has 0 saturated carbocycles. The Hall–Kier alpha value is 0.757. The highest BCUT2D eigenvalue weighted by atomic mass is 35.5. The average molecular weight is 187 g/mol. The number of hydrogen-bond acceptors (Lipinski definition) is 1. The van der Waals surface area contributed by atoms with E-state index in [9.17, 15) is 0 Å². The van der Waals surface area contributed by atoms with Crippen LogP contribution in [-0.4, -0.2) is 15.0 Å². The molecule has 0 amide bonds. The molecular formula is C5H12Cl2OSi. The normalized spacial score (nSPS) is 12.3. The summed E-state index contributed by atoms with van der Waals surface area (Å²) in [6.45, 7) is 2.09. The van der Waals surface area contributed by atoms with E-state index in [4.69, 9.17) is 27.6 Å². The summed E-state index contributed by atoms with van der Waals surface area (Å²) < 4.78 is 4.01. The van der Waals surface area contributed by atoms with Gasteiger partial charge in [0.1, 0.15) is 10.5 Å². The van der Waals surface area contributed by atoms with Gasteiger partial charge in [-0.05, 0) is 6.42 Å². The van der Waals surface area contributed by atoms with Crippen molar-refractivity contribution in [3.8, 4) is 0 Å². The summed E-state index contributed by atoms with van der Waals surface area (Å²) in [5, 5.41) is 0. The molecule has 4 heteroatoms. The quantitative estimate of drug-likeness (QED) is 0.480. The summed E-state index contributed by atoms with van der Waals surface area (Å²) in [6.07, 6.45) is 2.86. The van der Waals surface area contributed by atoms with Crippen LogP contribution in [-0.2, 0) is 4.43 Å². The van der Waals surface area contributed by atoms with Crippen molar-refractivity contribution in [2.75, 3.05) is 0 Å². The Bertz CT molecular complexity index is 77.4. The molecule has 0 atom stereocenters. The van der Waals surface area contributed by atoms with E-state index in [1.807, 2.05) is 0 Å². The third-order valence-electron chi connectivity index (χ3n) is 1.12. The van der Waals surface area contributed by atoms with Crippen molar-refractivity contribution < 1.29 is 4.43 Å². The summed E-state index contributed by atoms with van der Waals surface area (Å²) in [6, 6.07) is 0. The van der Waals surface area contributed by atoms with E-state index < -0.39 is 4.52 Å². The fourth-order valence-electron chi connectivity index (χ4n) is 0.485. The van der Waals surface area contributed by atoms with Gasteiger partial charge in [0.25, 0.3) is 0 Å². The van der Waals surface area contributed by atoms with Gasteiger partial charge < -0.3 is 4.43 Å². The van der Waals surface area contributed by atoms with Crippen molar-refractivity contribution >= 4 is 33.7 Å². The minimum atomic E-state index is -0.901. The van der Waals surface area contributed by atoms with Gasteiger partial charge >= 0.3 is 0 Å². The molecule has 1 nitrogen and oxygen atoms in total. The van der Waals surface area contributed by atoms with Gasteiger partial charge in [-0.1, -0.05) is 36.5 Å². The Kier molecular flexibility index (Phi) is 4.94.